The third-order valence-corrected chi connectivity index (χ3v) is 2.54. The van der Waals surface area contributed by atoms with Gasteiger partial charge in [-0.05, 0) is 25.1 Å². The molecule has 1 aromatic carbocycles. The third-order valence-electron chi connectivity index (χ3n) is 2.54. The molecule has 92 valence electrons. The molecule has 18 heavy (non-hydrogen) atoms. The lowest BCUT2D eigenvalue weighted by atomic mass is 10.1. The van der Waals surface area contributed by atoms with E-state index in [4.69, 9.17) is 0 Å². The molecule has 1 aromatic heterocycles. The summed E-state index contributed by atoms with van der Waals surface area (Å²) in [5.41, 5.74) is 2.16. The van der Waals surface area contributed by atoms with E-state index >= 15 is 0 Å². The van der Waals surface area contributed by atoms with Gasteiger partial charge in [0.05, 0.1) is 18.3 Å². The zero-order valence-electron chi connectivity index (χ0n) is 10.1. The Morgan fingerprint density at radius 3 is 2.72 bits per heavy atom. The number of hydrogen-bond donors (Lipinski definition) is 2. The van der Waals surface area contributed by atoms with Crippen molar-refractivity contribution in [1.29, 1.82) is 0 Å². The van der Waals surface area contributed by atoms with E-state index in [1.54, 1.807) is 36.5 Å². The molecule has 0 saturated carbocycles. The smallest absolute Gasteiger partial charge is 0.228 e. The number of hydrogen-bond acceptors (Lipinski definition) is 3. The SMILES string of the molecule is Cc1ccc(NC(=O)Cc2ccccc2O)cn1. The number of amides is 1. The number of para-hydroxylation sites is 1. The van der Waals surface area contributed by atoms with Crippen LogP contribution in [0.2, 0.25) is 0 Å². The van der Waals surface area contributed by atoms with Crippen molar-refractivity contribution < 1.29 is 9.90 Å². The predicted octanol–water partition coefficient (Wildman–Crippen LogP) is 2.28. The number of pyridine rings is 1. The number of anilines is 1. The van der Waals surface area contributed by atoms with Crippen LogP contribution >= 0.6 is 0 Å². The molecule has 1 heterocycles. The molecule has 0 saturated heterocycles. The first-order chi connectivity index (χ1) is 8.65. The molecule has 4 nitrogen and oxygen atoms in total. The van der Waals surface area contributed by atoms with Crippen LogP contribution in [0, 0.1) is 6.92 Å². The molecule has 0 bridgehead atoms. The maximum atomic E-state index is 11.8. The van der Waals surface area contributed by atoms with Crippen molar-refractivity contribution >= 4 is 11.6 Å². The van der Waals surface area contributed by atoms with E-state index < -0.39 is 0 Å². The first-order valence-corrected chi connectivity index (χ1v) is 5.64. The fraction of sp³-hybridized carbons (Fsp3) is 0.143. The van der Waals surface area contributed by atoms with Gasteiger partial charge in [0.2, 0.25) is 5.91 Å². The van der Waals surface area contributed by atoms with E-state index in [2.05, 4.69) is 10.3 Å². The summed E-state index contributed by atoms with van der Waals surface area (Å²) < 4.78 is 0. The zero-order valence-corrected chi connectivity index (χ0v) is 10.1. The molecule has 0 aliphatic heterocycles. The highest BCUT2D eigenvalue weighted by molar-refractivity contribution is 5.92. The van der Waals surface area contributed by atoms with Crippen LogP contribution in [0.1, 0.15) is 11.3 Å². The van der Waals surface area contributed by atoms with Crippen molar-refractivity contribution in [2.75, 3.05) is 5.32 Å². The Balaban J connectivity index is 2.01. The molecule has 0 atom stereocenters. The second-order valence-corrected chi connectivity index (χ2v) is 4.04. The fourth-order valence-electron chi connectivity index (χ4n) is 1.58. The van der Waals surface area contributed by atoms with E-state index in [9.17, 15) is 9.90 Å². The maximum absolute atomic E-state index is 11.8. The molecule has 0 unspecified atom stereocenters. The van der Waals surface area contributed by atoms with Crippen LogP contribution in [0.15, 0.2) is 42.6 Å². The fourth-order valence-corrected chi connectivity index (χ4v) is 1.58. The molecule has 0 aliphatic rings. The number of phenols is 1. The Morgan fingerprint density at radius 1 is 1.28 bits per heavy atom. The van der Waals surface area contributed by atoms with Gasteiger partial charge in [-0.2, -0.15) is 0 Å². The lowest BCUT2D eigenvalue weighted by Gasteiger charge is -2.06. The van der Waals surface area contributed by atoms with Gasteiger partial charge in [-0.1, -0.05) is 18.2 Å². The quantitative estimate of drug-likeness (QED) is 0.868. The molecule has 2 aromatic rings. The summed E-state index contributed by atoms with van der Waals surface area (Å²) in [6, 6.07) is 10.4. The number of rotatable bonds is 3. The highest BCUT2D eigenvalue weighted by atomic mass is 16.3. The Morgan fingerprint density at radius 2 is 2.06 bits per heavy atom. The summed E-state index contributed by atoms with van der Waals surface area (Å²) >= 11 is 0. The summed E-state index contributed by atoms with van der Waals surface area (Å²) in [4.78, 5) is 15.9. The van der Waals surface area contributed by atoms with E-state index in [0.29, 0.717) is 11.3 Å². The summed E-state index contributed by atoms with van der Waals surface area (Å²) in [6.07, 6.45) is 1.75. The normalized spacial score (nSPS) is 10.1. The van der Waals surface area contributed by atoms with Crippen LogP contribution in [0.3, 0.4) is 0 Å². The molecule has 1 amide bonds. The van der Waals surface area contributed by atoms with Gasteiger partial charge in [0.1, 0.15) is 5.75 Å². The minimum Gasteiger partial charge on any atom is -0.508 e. The molecule has 2 N–H and O–H groups in total. The van der Waals surface area contributed by atoms with Gasteiger partial charge in [-0.15, -0.1) is 0 Å². The van der Waals surface area contributed by atoms with E-state index in [0.717, 1.165) is 5.69 Å². The maximum Gasteiger partial charge on any atom is 0.228 e. The minimum absolute atomic E-state index is 0.134. The summed E-state index contributed by atoms with van der Waals surface area (Å²) in [6.45, 7) is 1.88. The lowest BCUT2D eigenvalue weighted by molar-refractivity contribution is -0.115. The molecule has 0 aliphatic carbocycles. The molecular weight excluding hydrogens is 228 g/mol. The molecule has 4 heteroatoms. The molecule has 0 fully saturated rings. The lowest BCUT2D eigenvalue weighted by Crippen LogP contribution is -2.14. The van der Waals surface area contributed by atoms with Crippen LogP contribution in [0.25, 0.3) is 0 Å². The average Bonchev–Trinajstić information content (AvgIpc) is 2.35. The van der Waals surface area contributed by atoms with Gasteiger partial charge in [0.25, 0.3) is 0 Å². The Hall–Kier alpha value is -2.36. The van der Waals surface area contributed by atoms with Gasteiger partial charge in [-0.3, -0.25) is 9.78 Å². The van der Waals surface area contributed by atoms with E-state index in [1.807, 2.05) is 13.0 Å². The largest absolute Gasteiger partial charge is 0.508 e. The number of phenolic OH excluding ortho intramolecular Hbond substituents is 1. The Bertz CT molecular complexity index is 550. The predicted molar refractivity (Wildman–Crippen MR) is 69.4 cm³/mol. The molecular formula is C14H14N2O2. The number of carbonyl (C=O) groups excluding carboxylic acids is 1. The molecule has 2 rings (SSSR count). The van der Waals surface area contributed by atoms with Crippen molar-refractivity contribution in [2.24, 2.45) is 0 Å². The van der Waals surface area contributed by atoms with Gasteiger partial charge in [-0.25, -0.2) is 0 Å². The van der Waals surface area contributed by atoms with Crippen molar-refractivity contribution in [3.8, 4) is 5.75 Å². The number of aromatic hydroxyl groups is 1. The number of aromatic nitrogens is 1. The average molecular weight is 242 g/mol. The first-order valence-electron chi connectivity index (χ1n) is 5.64. The van der Waals surface area contributed by atoms with Crippen LogP contribution in [-0.2, 0) is 11.2 Å². The summed E-state index contributed by atoms with van der Waals surface area (Å²) in [7, 11) is 0. The number of nitrogens with one attached hydrogen (secondary N) is 1. The number of aryl methyl sites for hydroxylation is 1. The summed E-state index contributed by atoms with van der Waals surface area (Å²) in [5.74, 6) is -0.0446. The summed E-state index contributed by atoms with van der Waals surface area (Å²) in [5, 5.41) is 12.3. The minimum atomic E-state index is -0.179. The number of carbonyl (C=O) groups is 1. The second kappa shape index (κ2) is 5.31. The third kappa shape index (κ3) is 3.07. The monoisotopic (exact) mass is 242 g/mol. The Kier molecular flexibility index (Phi) is 3.57. The van der Waals surface area contributed by atoms with Crippen molar-refractivity contribution in [1.82, 2.24) is 4.98 Å². The van der Waals surface area contributed by atoms with Crippen LogP contribution in [0.4, 0.5) is 5.69 Å². The molecule has 0 spiro atoms. The number of benzene rings is 1. The van der Waals surface area contributed by atoms with Gasteiger partial charge < -0.3 is 10.4 Å². The van der Waals surface area contributed by atoms with Crippen LogP contribution in [0.5, 0.6) is 5.75 Å². The highest BCUT2D eigenvalue weighted by Gasteiger charge is 2.07. The Labute approximate surface area is 105 Å². The van der Waals surface area contributed by atoms with E-state index in [1.165, 1.54) is 0 Å². The molecule has 0 radical (unpaired) electrons. The highest BCUT2D eigenvalue weighted by Crippen LogP contribution is 2.16. The van der Waals surface area contributed by atoms with Gasteiger partial charge in [0, 0.05) is 11.3 Å². The number of nitrogens with zero attached hydrogens (tertiary/aromatic N) is 1. The standard InChI is InChI=1S/C14H14N2O2/c1-10-6-7-12(9-15-10)16-14(18)8-11-4-2-3-5-13(11)17/h2-7,9,17H,8H2,1H3,(H,16,18). The second-order valence-electron chi connectivity index (χ2n) is 4.04. The van der Waals surface area contributed by atoms with E-state index in [-0.39, 0.29) is 18.1 Å². The first kappa shape index (κ1) is 12.1. The van der Waals surface area contributed by atoms with Crippen molar-refractivity contribution in [3.63, 3.8) is 0 Å². The van der Waals surface area contributed by atoms with Crippen LogP contribution < -0.4 is 5.32 Å². The zero-order chi connectivity index (χ0) is 13.0. The van der Waals surface area contributed by atoms with Crippen molar-refractivity contribution in [2.45, 2.75) is 13.3 Å². The van der Waals surface area contributed by atoms with Crippen LogP contribution in [-0.4, -0.2) is 16.0 Å². The van der Waals surface area contributed by atoms with Gasteiger partial charge >= 0.3 is 0 Å². The van der Waals surface area contributed by atoms with Gasteiger partial charge in [0.15, 0.2) is 0 Å². The van der Waals surface area contributed by atoms with Crippen molar-refractivity contribution in [3.05, 3.63) is 53.9 Å². The topological polar surface area (TPSA) is 62.2 Å².